The van der Waals surface area contributed by atoms with Crippen LogP contribution in [0.3, 0.4) is 0 Å². The summed E-state index contributed by atoms with van der Waals surface area (Å²) in [7, 11) is 4.64. The Morgan fingerprint density at radius 2 is 2.05 bits per heavy atom. The van der Waals surface area contributed by atoms with Crippen LogP contribution in [0.5, 0.6) is 0 Å². The molecular formula is C16H20N5P. The van der Waals surface area contributed by atoms with Gasteiger partial charge in [0.05, 0.1) is 11.9 Å². The average Bonchev–Trinajstić information content (AvgIpc) is 2.90. The average molecular weight is 313 g/mol. The summed E-state index contributed by atoms with van der Waals surface area (Å²) in [6, 6.07) is 10.4. The molecule has 2 aromatic heterocycles. The molecule has 0 aliphatic carbocycles. The molecule has 0 aliphatic rings. The first-order valence-corrected chi connectivity index (χ1v) is 7.87. The molecule has 3 aromatic rings. The Labute approximate surface area is 132 Å². The van der Waals surface area contributed by atoms with Gasteiger partial charge < -0.3 is 10.6 Å². The van der Waals surface area contributed by atoms with Crippen molar-refractivity contribution in [2.45, 2.75) is 6.92 Å². The van der Waals surface area contributed by atoms with Gasteiger partial charge in [0.15, 0.2) is 5.65 Å². The number of fused-ring (bicyclic) bond motifs is 1. The van der Waals surface area contributed by atoms with E-state index in [0.717, 1.165) is 41.1 Å². The van der Waals surface area contributed by atoms with E-state index >= 15 is 0 Å². The molecule has 0 bridgehead atoms. The highest BCUT2D eigenvalue weighted by molar-refractivity contribution is 7.28. The van der Waals surface area contributed by atoms with Crippen molar-refractivity contribution in [2.24, 2.45) is 0 Å². The monoisotopic (exact) mass is 313 g/mol. The van der Waals surface area contributed by atoms with Gasteiger partial charge >= 0.3 is 0 Å². The zero-order valence-corrected chi connectivity index (χ0v) is 14.0. The number of aromatic nitrogens is 3. The molecule has 1 unspecified atom stereocenters. The summed E-state index contributed by atoms with van der Waals surface area (Å²) in [6.07, 6.45) is 1.82. The third-order valence-corrected chi connectivity index (χ3v) is 4.01. The molecule has 22 heavy (non-hydrogen) atoms. The standard InChI is InChI=1S/C16H20N5P/c1-11-5-3-4-6-12(11)13-9-15(18-8-7-17-2)21-16(20-13)14(22)10-19-21/h3-6,9-10,17-18H,7-8,22H2,1-2H3. The van der Waals surface area contributed by atoms with E-state index in [4.69, 9.17) is 4.98 Å². The molecule has 6 heteroatoms. The molecule has 0 amide bonds. The Morgan fingerprint density at radius 3 is 2.82 bits per heavy atom. The van der Waals surface area contributed by atoms with E-state index in [1.807, 2.05) is 29.9 Å². The minimum absolute atomic E-state index is 0.828. The number of hydrogen-bond acceptors (Lipinski definition) is 4. The molecule has 2 N–H and O–H groups in total. The van der Waals surface area contributed by atoms with Crippen LogP contribution in [0.15, 0.2) is 36.5 Å². The van der Waals surface area contributed by atoms with Gasteiger partial charge in [-0.15, -0.1) is 0 Å². The van der Waals surface area contributed by atoms with Crippen molar-refractivity contribution >= 4 is 26.0 Å². The number of likely N-dealkylation sites (N-methyl/N-ethyl adjacent to an activating group) is 1. The zero-order valence-electron chi connectivity index (χ0n) is 12.8. The number of hydrogen-bond donors (Lipinski definition) is 2. The maximum absolute atomic E-state index is 4.78. The van der Waals surface area contributed by atoms with E-state index in [1.54, 1.807) is 0 Å². The van der Waals surface area contributed by atoms with Gasteiger partial charge in [-0.05, 0) is 19.5 Å². The lowest BCUT2D eigenvalue weighted by Gasteiger charge is -2.12. The van der Waals surface area contributed by atoms with Crippen LogP contribution in [0.1, 0.15) is 5.56 Å². The predicted octanol–water partition coefficient (Wildman–Crippen LogP) is 1.84. The van der Waals surface area contributed by atoms with Crippen molar-refractivity contribution in [3.8, 4) is 11.3 Å². The molecule has 1 aromatic carbocycles. The maximum Gasteiger partial charge on any atom is 0.165 e. The van der Waals surface area contributed by atoms with E-state index in [0.29, 0.717) is 0 Å². The first kappa shape index (κ1) is 14.9. The number of anilines is 1. The second kappa shape index (κ2) is 6.42. The highest BCUT2D eigenvalue weighted by Gasteiger charge is 2.11. The number of aryl methyl sites for hydroxylation is 1. The molecule has 0 aliphatic heterocycles. The van der Waals surface area contributed by atoms with Crippen LogP contribution in [0, 0.1) is 6.92 Å². The van der Waals surface area contributed by atoms with Crippen LogP contribution < -0.4 is 15.9 Å². The van der Waals surface area contributed by atoms with E-state index < -0.39 is 0 Å². The maximum atomic E-state index is 4.78. The normalized spacial score (nSPS) is 11.0. The molecule has 0 fully saturated rings. The van der Waals surface area contributed by atoms with Gasteiger partial charge in [0, 0.05) is 30.0 Å². The van der Waals surface area contributed by atoms with Crippen LogP contribution in [0.25, 0.3) is 16.9 Å². The van der Waals surface area contributed by atoms with Gasteiger partial charge in [-0.25, -0.2) is 4.98 Å². The Hall–Kier alpha value is -1.97. The third kappa shape index (κ3) is 2.82. The van der Waals surface area contributed by atoms with Gasteiger partial charge in [0.25, 0.3) is 0 Å². The first-order valence-electron chi connectivity index (χ1n) is 7.29. The molecule has 0 radical (unpaired) electrons. The summed E-state index contributed by atoms with van der Waals surface area (Å²) in [6.45, 7) is 3.82. The van der Waals surface area contributed by atoms with Gasteiger partial charge in [0.2, 0.25) is 0 Å². The van der Waals surface area contributed by atoms with Crippen molar-refractivity contribution in [2.75, 3.05) is 25.5 Å². The summed E-state index contributed by atoms with van der Waals surface area (Å²) in [5.41, 5.74) is 4.18. The van der Waals surface area contributed by atoms with Gasteiger partial charge in [0.1, 0.15) is 5.82 Å². The molecule has 1 atom stereocenters. The van der Waals surface area contributed by atoms with Gasteiger partial charge in [-0.3, -0.25) is 0 Å². The Kier molecular flexibility index (Phi) is 4.36. The van der Waals surface area contributed by atoms with E-state index in [2.05, 4.69) is 50.1 Å². The smallest absolute Gasteiger partial charge is 0.165 e. The molecule has 114 valence electrons. The van der Waals surface area contributed by atoms with Crippen molar-refractivity contribution < 1.29 is 0 Å². The molecule has 2 heterocycles. The van der Waals surface area contributed by atoms with Gasteiger partial charge in [-0.2, -0.15) is 9.61 Å². The summed E-state index contributed by atoms with van der Waals surface area (Å²) in [5, 5.41) is 12.0. The Bertz CT molecular complexity index is 796. The fourth-order valence-corrected chi connectivity index (χ4v) is 2.67. The largest absolute Gasteiger partial charge is 0.369 e. The van der Waals surface area contributed by atoms with E-state index in [1.165, 1.54) is 5.56 Å². The van der Waals surface area contributed by atoms with Crippen LogP contribution in [-0.4, -0.2) is 34.7 Å². The molecule has 0 saturated carbocycles. The summed E-state index contributed by atoms with van der Waals surface area (Å²) in [4.78, 5) is 4.78. The summed E-state index contributed by atoms with van der Waals surface area (Å²) in [5.74, 6) is 0.951. The summed E-state index contributed by atoms with van der Waals surface area (Å²) < 4.78 is 1.85. The molecule has 5 nitrogen and oxygen atoms in total. The Morgan fingerprint density at radius 1 is 1.23 bits per heavy atom. The SMILES string of the molecule is CNCCNc1cc(-c2ccccc2C)nc2c(P)cnn12. The van der Waals surface area contributed by atoms with Crippen LogP contribution in [-0.2, 0) is 0 Å². The highest BCUT2D eigenvalue weighted by Crippen LogP contribution is 2.24. The lowest BCUT2D eigenvalue weighted by molar-refractivity contribution is 0.813. The van der Waals surface area contributed by atoms with Crippen molar-refractivity contribution in [1.29, 1.82) is 0 Å². The summed E-state index contributed by atoms with van der Waals surface area (Å²) >= 11 is 0. The van der Waals surface area contributed by atoms with E-state index in [9.17, 15) is 0 Å². The third-order valence-electron chi connectivity index (χ3n) is 3.60. The topological polar surface area (TPSA) is 54.2 Å². The fourth-order valence-electron chi connectivity index (χ4n) is 2.42. The number of nitrogens with zero attached hydrogens (tertiary/aromatic N) is 3. The molecule has 3 rings (SSSR count). The lowest BCUT2D eigenvalue weighted by atomic mass is 10.1. The minimum atomic E-state index is 0.828. The van der Waals surface area contributed by atoms with Crippen LogP contribution in [0.2, 0.25) is 0 Å². The second-order valence-corrected chi connectivity index (χ2v) is 5.83. The molecular weight excluding hydrogens is 293 g/mol. The van der Waals surface area contributed by atoms with Gasteiger partial charge in [-0.1, -0.05) is 33.5 Å². The van der Waals surface area contributed by atoms with Crippen LogP contribution >= 0.6 is 9.24 Å². The van der Waals surface area contributed by atoms with Crippen molar-refractivity contribution in [3.63, 3.8) is 0 Å². The minimum Gasteiger partial charge on any atom is -0.369 e. The zero-order chi connectivity index (χ0) is 15.5. The molecule has 0 spiro atoms. The predicted molar refractivity (Wildman–Crippen MR) is 94.9 cm³/mol. The van der Waals surface area contributed by atoms with Crippen molar-refractivity contribution in [3.05, 3.63) is 42.1 Å². The molecule has 0 saturated heterocycles. The number of nitrogens with one attached hydrogen (secondary N) is 2. The van der Waals surface area contributed by atoms with E-state index in [-0.39, 0.29) is 0 Å². The van der Waals surface area contributed by atoms with Crippen LogP contribution in [0.4, 0.5) is 5.82 Å². The highest BCUT2D eigenvalue weighted by atomic mass is 31.0. The first-order chi connectivity index (χ1) is 10.7. The van der Waals surface area contributed by atoms with Crippen molar-refractivity contribution in [1.82, 2.24) is 19.9 Å². The second-order valence-electron chi connectivity index (χ2n) is 5.21. The fraction of sp³-hybridized carbons (Fsp3) is 0.250. The Balaban J connectivity index is 2.11. The number of rotatable bonds is 5. The number of benzene rings is 1. The quantitative estimate of drug-likeness (QED) is 0.557. The lowest BCUT2D eigenvalue weighted by Crippen LogP contribution is -2.19.